The number of aromatic nitrogens is 2. The first-order chi connectivity index (χ1) is 12.8. The van der Waals surface area contributed by atoms with Gasteiger partial charge in [0.1, 0.15) is 18.0 Å². The predicted molar refractivity (Wildman–Crippen MR) is 107 cm³/mol. The minimum Gasteiger partial charge on any atom is -0.370 e. The Kier molecular flexibility index (Phi) is 5.02. The third kappa shape index (κ3) is 3.97. The second-order valence-electron chi connectivity index (χ2n) is 6.50. The van der Waals surface area contributed by atoms with E-state index >= 15 is 0 Å². The smallest absolute Gasteiger partial charge is 0.134 e. The van der Waals surface area contributed by atoms with E-state index in [4.69, 9.17) is 11.6 Å². The van der Waals surface area contributed by atoms with E-state index in [1.54, 1.807) is 6.33 Å². The van der Waals surface area contributed by atoms with Gasteiger partial charge in [-0.05, 0) is 41.7 Å². The van der Waals surface area contributed by atoms with E-state index < -0.39 is 0 Å². The Morgan fingerprint density at radius 1 is 1.00 bits per heavy atom. The fourth-order valence-corrected chi connectivity index (χ4v) is 3.42. The van der Waals surface area contributed by atoms with Crippen LogP contribution in [0.25, 0.3) is 0 Å². The van der Waals surface area contributed by atoms with Crippen LogP contribution in [0.15, 0.2) is 60.9 Å². The summed E-state index contributed by atoms with van der Waals surface area (Å²) in [4.78, 5) is 11.1. The summed E-state index contributed by atoms with van der Waals surface area (Å²) in [6.45, 7) is 2.70. The molecule has 4 nitrogen and oxygen atoms in total. The highest BCUT2D eigenvalue weighted by Gasteiger charge is 2.17. The minimum absolute atomic E-state index is 0.769. The van der Waals surface area contributed by atoms with Gasteiger partial charge >= 0.3 is 0 Å². The van der Waals surface area contributed by atoms with Crippen LogP contribution in [0, 0.1) is 0 Å². The average Bonchev–Trinajstić information content (AvgIpc) is 2.69. The zero-order valence-corrected chi connectivity index (χ0v) is 15.3. The van der Waals surface area contributed by atoms with Crippen LogP contribution in [0.5, 0.6) is 0 Å². The Morgan fingerprint density at radius 3 is 2.65 bits per heavy atom. The number of hydrogen-bond donors (Lipinski definition) is 1. The molecule has 2 heterocycles. The van der Waals surface area contributed by atoms with Crippen molar-refractivity contribution in [1.29, 1.82) is 0 Å². The largest absolute Gasteiger partial charge is 0.370 e. The van der Waals surface area contributed by atoms with Crippen molar-refractivity contribution >= 4 is 23.2 Å². The molecule has 5 heteroatoms. The first kappa shape index (κ1) is 16.9. The Morgan fingerprint density at radius 2 is 1.81 bits per heavy atom. The molecule has 0 atom stereocenters. The van der Waals surface area contributed by atoms with Gasteiger partial charge in [-0.3, -0.25) is 0 Å². The van der Waals surface area contributed by atoms with E-state index in [1.807, 2.05) is 18.2 Å². The third-order valence-corrected chi connectivity index (χ3v) is 4.99. The summed E-state index contributed by atoms with van der Waals surface area (Å²) in [5.74, 6) is 1.84. The van der Waals surface area contributed by atoms with E-state index in [0.29, 0.717) is 0 Å². The molecule has 0 radical (unpaired) electrons. The van der Waals surface area contributed by atoms with Crippen molar-refractivity contribution in [1.82, 2.24) is 9.97 Å². The van der Waals surface area contributed by atoms with Crippen molar-refractivity contribution in [2.24, 2.45) is 0 Å². The molecule has 1 aliphatic heterocycles. The molecule has 1 N–H and O–H groups in total. The zero-order valence-electron chi connectivity index (χ0n) is 14.5. The topological polar surface area (TPSA) is 41.0 Å². The summed E-state index contributed by atoms with van der Waals surface area (Å²) >= 11 is 5.93. The highest BCUT2D eigenvalue weighted by Crippen LogP contribution is 2.23. The number of benzene rings is 2. The van der Waals surface area contributed by atoms with Crippen molar-refractivity contribution in [2.75, 3.05) is 23.3 Å². The first-order valence-corrected chi connectivity index (χ1v) is 9.28. The summed E-state index contributed by atoms with van der Waals surface area (Å²) in [6.07, 6.45) is 3.62. The molecule has 0 unspecified atom stereocenters. The van der Waals surface area contributed by atoms with Gasteiger partial charge in [-0.1, -0.05) is 48.0 Å². The number of nitrogens with zero attached hydrogens (tertiary/aromatic N) is 3. The Hall–Kier alpha value is -2.59. The third-order valence-electron chi connectivity index (χ3n) is 4.74. The van der Waals surface area contributed by atoms with Crippen molar-refractivity contribution in [3.63, 3.8) is 0 Å². The molecular formula is C21H21ClN4. The quantitative estimate of drug-likeness (QED) is 0.730. The lowest BCUT2D eigenvalue weighted by atomic mass is 10.00. The Labute approximate surface area is 158 Å². The van der Waals surface area contributed by atoms with Gasteiger partial charge in [-0.2, -0.15) is 0 Å². The van der Waals surface area contributed by atoms with E-state index in [9.17, 15) is 0 Å². The van der Waals surface area contributed by atoms with E-state index in [0.717, 1.165) is 49.1 Å². The first-order valence-electron chi connectivity index (χ1n) is 8.90. The summed E-state index contributed by atoms with van der Waals surface area (Å²) in [7, 11) is 0. The van der Waals surface area contributed by atoms with Crippen molar-refractivity contribution in [3.8, 4) is 0 Å². The fraction of sp³-hybridized carbons (Fsp3) is 0.238. The lowest BCUT2D eigenvalue weighted by molar-refractivity contribution is 0.719. The van der Waals surface area contributed by atoms with Crippen LogP contribution >= 0.6 is 11.6 Å². The van der Waals surface area contributed by atoms with Gasteiger partial charge in [0.15, 0.2) is 0 Å². The number of rotatable bonds is 5. The van der Waals surface area contributed by atoms with Gasteiger partial charge in [0, 0.05) is 30.7 Å². The van der Waals surface area contributed by atoms with Crippen LogP contribution in [0.1, 0.15) is 16.7 Å². The lowest BCUT2D eigenvalue weighted by Crippen LogP contribution is -2.31. The van der Waals surface area contributed by atoms with Crippen LogP contribution in [0.3, 0.4) is 0 Å². The molecule has 0 saturated heterocycles. The Bertz CT molecular complexity index is 879. The Balaban J connectivity index is 1.38. The molecule has 0 spiro atoms. The van der Waals surface area contributed by atoms with E-state index in [2.05, 4.69) is 56.6 Å². The molecule has 1 aromatic heterocycles. The van der Waals surface area contributed by atoms with Gasteiger partial charge < -0.3 is 10.2 Å². The van der Waals surface area contributed by atoms with Crippen LogP contribution in [-0.4, -0.2) is 23.1 Å². The second kappa shape index (κ2) is 7.75. The second-order valence-corrected chi connectivity index (χ2v) is 6.94. The summed E-state index contributed by atoms with van der Waals surface area (Å²) in [5.41, 5.74) is 4.08. The maximum atomic E-state index is 5.93. The monoisotopic (exact) mass is 364 g/mol. The summed E-state index contributed by atoms with van der Waals surface area (Å²) in [5, 5.41) is 4.16. The molecule has 2 aromatic carbocycles. The highest BCUT2D eigenvalue weighted by atomic mass is 35.5. The van der Waals surface area contributed by atoms with Crippen LogP contribution in [0.4, 0.5) is 11.6 Å². The zero-order chi connectivity index (χ0) is 17.8. The number of hydrogen-bond acceptors (Lipinski definition) is 4. The summed E-state index contributed by atoms with van der Waals surface area (Å²) in [6, 6.07) is 18.6. The molecule has 0 saturated carbocycles. The highest BCUT2D eigenvalue weighted by molar-refractivity contribution is 6.30. The average molecular weight is 365 g/mol. The van der Waals surface area contributed by atoms with Gasteiger partial charge in [0.25, 0.3) is 0 Å². The fourth-order valence-electron chi connectivity index (χ4n) is 3.29. The van der Waals surface area contributed by atoms with Crippen LogP contribution < -0.4 is 10.2 Å². The minimum atomic E-state index is 0.769. The number of nitrogens with one attached hydrogen (secondary N) is 1. The van der Waals surface area contributed by atoms with Gasteiger partial charge in [-0.15, -0.1) is 0 Å². The summed E-state index contributed by atoms with van der Waals surface area (Å²) < 4.78 is 0. The normalized spacial score (nSPS) is 13.3. The van der Waals surface area contributed by atoms with Crippen molar-refractivity contribution < 1.29 is 0 Å². The van der Waals surface area contributed by atoms with Gasteiger partial charge in [0.05, 0.1) is 0 Å². The van der Waals surface area contributed by atoms with Crippen molar-refractivity contribution in [3.05, 3.63) is 82.6 Å². The number of halogens is 1. The predicted octanol–water partition coefficient (Wildman–Crippen LogP) is 4.35. The molecule has 3 aromatic rings. The number of fused-ring (bicyclic) bond motifs is 1. The molecular weight excluding hydrogens is 344 g/mol. The molecule has 132 valence electrons. The molecule has 4 rings (SSSR count). The van der Waals surface area contributed by atoms with Crippen molar-refractivity contribution in [2.45, 2.75) is 19.4 Å². The molecule has 0 bridgehead atoms. The van der Waals surface area contributed by atoms with E-state index in [-0.39, 0.29) is 0 Å². The molecule has 0 amide bonds. The molecule has 1 aliphatic rings. The lowest BCUT2D eigenvalue weighted by Gasteiger charge is -2.29. The van der Waals surface area contributed by atoms with Gasteiger partial charge in [-0.25, -0.2) is 9.97 Å². The molecule has 0 aliphatic carbocycles. The number of anilines is 2. The molecule has 0 fully saturated rings. The SMILES string of the molecule is Clc1ccc(CCNc2cc(N3CCc4ccccc4C3)ncn2)cc1. The van der Waals surface area contributed by atoms with Crippen LogP contribution in [-0.2, 0) is 19.4 Å². The van der Waals surface area contributed by atoms with Gasteiger partial charge in [0.2, 0.25) is 0 Å². The standard InChI is InChI=1S/C21H21ClN4/c22-19-7-5-16(6-8-19)9-11-23-20-13-21(25-15-24-20)26-12-10-17-3-1-2-4-18(17)14-26/h1-8,13,15H,9-12,14H2,(H,23,24,25). The maximum Gasteiger partial charge on any atom is 0.134 e. The van der Waals surface area contributed by atoms with Crippen LogP contribution in [0.2, 0.25) is 5.02 Å². The van der Waals surface area contributed by atoms with E-state index in [1.165, 1.54) is 16.7 Å². The molecule has 26 heavy (non-hydrogen) atoms. The maximum absolute atomic E-state index is 5.93.